The molecule has 1 fully saturated rings. The van der Waals surface area contributed by atoms with E-state index in [1.165, 1.54) is 6.07 Å². The van der Waals surface area contributed by atoms with Crippen molar-refractivity contribution < 1.29 is 8.42 Å². The summed E-state index contributed by atoms with van der Waals surface area (Å²) in [4.78, 5) is 0.285. The third-order valence-corrected chi connectivity index (χ3v) is 5.88. The predicted octanol–water partition coefficient (Wildman–Crippen LogP) is 1.61. The molecule has 0 amide bonds. The Labute approximate surface area is 112 Å². The van der Waals surface area contributed by atoms with Gasteiger partial charge >= 0.3 is 0 Å². The van der Waals surface area contributed by atoms with Gasteiger partial charge in [-0.15, -0.1) is 0 Å². The van der Waals surface area contributed by atoms with Gasteiger partial charge in [0.05, 0.1) is 4.90 Å². The first-order chi connectivity index (χ1) is 8.49. The smallest absolute Gasteiger partial charge is 0.240 e. The highest BCUT2D eigenvalue weighted by Gasteiger charge is 2.21. The van der Waals surface area contributed by atoms with Crippen molar-refractivity contribution in [3.63, 3.8) is 0 Å². The number of nitrogens with one attached hydrogen (secondary N) is 1. The van der Waals surface area contributed by atoms with E-state index in [2.05, 4.69) is 4.72 Å². The Bertz CT molecular complexity index is 523. The summed E-state index contributed by atoms with van der Waals surface area (Å²) in [5.74, 6) is 2.62. The number of rotatable bonds is 4. The maximum absolute atomic E-state index is 12.2. The molecule has 0 bridgehead atoms. The third kappa shape index (κ3) is 3.18. The van der Waals surface area contributed by atoms with Crippen molar-refractivity contribution in [2.24, 2.45) is 5.92 Å². The van der Waals surface area contributed by atoms with Crippen molar-refractivity contribution in [2.45, 2.75) is 18.2 Å². The fourth-order valence-corrected chi connectivity index (χ4v) is 4.63. The fraction of sp³-hybridized carbons (Fsp3) is 0.500. The fourth-order valence-electron chi connectivity index (χ4n) is 1.96. The van der Waals surface area contributed by atoms with E-state index in [0.717, 1.165) is 23.5 Å². The lowest BCUT2D eigenvalue weighted by Crippen LogP contribution is -2.30. The molecule has 100 valence electrons. The van der Waals surface area contributed by atoms with Crippen LogP contribution in [0.5, 0.6) is 0 Å². The van der Waals surface area contributed by atoms with Crippen molar-refractivity contribution in [1.82, 2.24) is 4.72 Å². The van der Waals surface area contributed by atoms with E-state index in [1.807, 2.05) is 11.8 Å². The van der Waals surface area contributed by atoms with Crippen LogP contribution in [0, 0.1) is 12.8 Å². The number of hydrogen-bond acceptors (Lipinski definition) is 4. The third-order valence-electron chi connectivity index (χ3n) is 3.09. The monoisotopic (exact) mass is 286 g/mol. The summed E-state index contributed by atoms with van der Waals surface area (Å²) in [6, 6.07) is 4.96. The molecule has 6 heteroatoms. The number of aryl methyl sites for hydroxylation is 1. The van der Waals surface area contributed by atoms with Gasteiger partial charge in [-0.2, -0.15) is 11.8 Å². The number of nitrogen functional groups attached to an aromatic ring is 1. The average molecular weight is 286 g/mol. The van der Waals surface area contributed by atoms with Crippen LogP contribution in [-0.2, 0) is 10.0 Å². The molecule has 0 aliphatic carbocycles. The van der Waals surface area contributed by atoms with Crippen LogP contribution >= 0.6 is 11.8 Å². The molecular formula is C12H18N2O2S2. The molecule has 4 nitrogen and oxygen atoms in total. The van der Waals surface area contributed by atoms with Gasteiger partial charge in [-0.3, -0.25) is 0 Å². The lowest BCUT2D eigenvalue weighted by atomic mass is 10.1. The van der Waals surface area contributed by atoms with E-state index in [-0.39, 0.29) is 4.90 Å². The van der Waals surface area contributed by atoms with Crippen LogP contribution in [0.1, 0.15) is 12.0 Å². The van der Waals surface area contributed by atoms with E-state index in [0.29, 0.717) is 18.2 Å². The summed E-state index contributed by atoms with van der Waals surface area (Å²) in [7, 11) is -3.44. The molecule has 1 saturated heterocycles. The van der Waals surface area contributed by atoms with Gasteiger partial charge in [0.2, 0.25) is 10.0 Å². The molecule has 0 aromatic heterocycles. The highest BCUT2D eigenvalue weighted by Crippen LogP contribution is 2.24. The molecule has 1 aromatic carbocycles. The van der Waals surface area contributed by atoms with Crippen LogP contribution in [0.15, 0.2) is 23.1 Å². The molecule has 0 spiro atoms. The van der Waals surface area contributed by atoms with Gasteiger partial charge in [-0.05, 0) is 48.5 Å². The first-order valence-corrected chi connectivity index (χ1v) is 8.56. The molecule has 1 aliphatic heterocycles. The summed E-state index contributed by atoms with van der Waals surface area (Å²) in [6.45, 7) is 2.29. The summed E-state index contributed by atoms with van der Waals surface area (Å²) < 4.78 is 27.1. The zero-order valence-electron chi connectivity index (χ0n) is 10.3. The molecular weight excluding hydrogens is 268 g/mol. The summed E-state index contributed by atoms with van der Waals surface area (Å²) >= 11 is 1.88. The van der Waals surface area contributed by atoms with E-state index in [1.54, 1.807) is 19.1 Å². The largest absolute Gasteiger partial charge is 0.399 e. The molecule has 1 heterocycles. The molecule has 0 radical (unpaired) electrons. The van der Waals surface area contributed by atoms with Gasteiger partial charge in [-0.1, -0.05) is 6.07 Å². The molecule has 2 rings (SSSR count). The quantitative estimate of drug-likeness (QED) is 0.825. The Kier molecular flexibility index (Phi) is 4.19. The second-order valence-electron chi connectivity index (χ2n) is 4.61. The van der Waals surface area contributed by atoms with Gasteiger partial charge in [0, 0.05) is 12.2 Å². The highest BCUT2D eigenvalue weighted by molar-refractivity contribution is 7.99. The van der Waals surface area contributed by atoms with Crippen LogP contribution in [-0.4, -0.2) is 26.5 Å². The van der Waals surface area contributed by atoms with Gasteiger partial charge in [-0.25, -0.2) is 13.1 Å². The number of benzene rings is 1. The van der Waals surface area contributed by atoms with Gasteiger partial charge in [0.25, 0.3) is 0 Å². The van der Waals surface area contributed by atoms with Crippen molar-refractivity contribution in [3.8, 4) is 0 Å². The minimum Gasteiger partial charge on any atom is -0.399 e. The Morgan fingerprint density at radius 3 is 2.94 bits per heavy atom. The van der Waals surface area contributed by atoms with Crippen LogP contribution in [0.3, 0.4) is 0 Å². The zero-order valence-corrected chi connectivity index (χ0v) is 12.0. The van der Waals surface area contributed by atoms with Crippen molar-refractivity contribution in [1.29, 1.82) is 0 Å². The predicted molar refractivity (Wildman–Crippen MR) is 76.2 cm³/mol. The molecule has 1 aliphatic rings. The molecule has 1 unspecified atom stereocenters. The van der Waals surface area contributed by atoms with Gasteiger partial charge < -0.3 is 5.73 Å². The Balaban J connectivity index is 2.12. The average Bonchev–Trinajstić information content (AvgIpc) is 2.83. The molecule has 0 saturated carbocycles. The Hall–Kier alpha value is -0.720. The first-order valence-electron chi connectivity index (χ1n) is 5.92. The van der Waals surface area contributed by atoms with Crippen LogP contribution in [0.25, 0.3) is 0 Å². The second kappa shape index (κ2) is 5.50. The Morgan fingerprint density at radius 2 is 2.28 bits per heavy atom. The standard InChI is InChI=1S/C12H18N2O2S2/c1-9-2-3-11(13)6-12(9)18(15,16)14-7-10-4-5-17-8-10/h2-3,6,10,14H,4-5,7-8,13H2,1H3. The summed E-state index contributed by atoms with van der Waals surface area (Å²) in [5.41, 5.74) is 6.84. The number of anilines is 1. The van der Waals surface area contributed by atoms with Crippen LogP contribution < -0.4 is 10.5 Å². The van der Waals surface area contributed by atoms with Crippen LogP contribution in [0.4, 0.5) is 5.69 Å². The summed E-state index contributed by atoms with van der Waals surface area (Å²) in [6.07, 6.45) is 1.09. The lowest BCUT2D eigenvalue weighted by molar-refractivity contribution is 0.545. The van der Waals surface area contributed by atoms with Crippen molar-refractivity contribution in [3.05, 3.63) is 23.8 Å². The highest BCUT2D eigenvalue weighted by atomic mass is 32.2. The SMILES string of the molecule is Cc1ccc(N)cc1S(=O)(=O)NCC1CCSC1. The molecule has 18 heavy (non-hydrogen) atoms. The number of hydrogen-bond donors (Lipinski definition) is 2. The van der Waals surface area contributed by atoms with Crippen molar-refractivity contribution >= 4 is 27.5 Å². The summed E-state index contributed by atoms with van der Waals surface area (Å²) in [5, 5.41) is 0. The minimum absolute atomic E-state index is 0.285. The topological polar surface area (TPSA) is 72.2 Å². The number of thioether (sulfide) groups is 1. The van der Waals surface area contributed by atoms with E-state index >= 15 is 0 Å². The molecule has 3 N–H and O–H groups in total. The van der Waals surface area contributed by atoms with Crippen LogP contribution in [0.2, 0.25) is 0 Å². The van der Waals surface area contributed by atoms with Gasteiger partial charge in [0.15, 0.2) is 0 Å². The zero-order chi connectivity index (χ0) is 13.2. The number of sulfonamides is 1. The number of nitrogens with two attached hydrogens (primary N) is 1. The normalized spacial score (nSPS) is 20.2. The Morgan fingerprint density at radius 1 is 1.50 bits per heavy atom. The van der Waals surface area contributed by atoms with E-state index in [9.17, 15) is 8.42 Å². The second-order valence-corrected chi connectivity index (χ2v) is 7.49. The maximum atomic E-state index is 12.2. The van der Waals surface area contributed by atoms with E-state index < -0.39 is 10.0 Å². The van der Waals surface area contributed by atoms with E-state index in [4.69, 9.17) is 5.73 Å². The first kappa shape index (κ1) is 13.7. The lowest BCUT2D eigenvalue weighted by Gasteiger charge is -2.12. The minimum atomic E-state index is -3.44. The molecule has 1 atom stereocenters. The maximum Gasteiger partial charge on any atom is 0.240 e. The van der Waals surface area contributed by atoms with Crippen molar-refractivity contribution in [2.75, 3.05) is 23.8 Å². The van der Waals surface area contributed by atoms with Gasteiger partial charge in [0.1, 0.15) is 0 Å². The molecule has 1 aromatic rings.